The van der Waals surface area contributed by atoms with Crippen LogP contribution in [0.2, 0.25) is 0 Å². The van der Waals surface area contributed by atoms with Crippen molar-refractivity contribution in [3.63, 3.8) is 0 Å². The van der Waals surface area contributed by atoms with E-state index in [-0.39, 0.29) is 5.91 Å². The highest BCUT2D eigenvalue weighted by Gasteiger charge is 2.26. The smallest absolute Gasteiger partial charge is 0.258 e. The number of amides is 1. The molecule has 2 heterocycles. The number of rotatable bonds is 4. The van der Waals surface area contributed by atoms with Crippen molar-refractivity contribution >= 4 is 11.6 Å². The van der Waals surface area contributed by atoms with Crippen molar-refractivity contribution in [2.24, 2.45) is 7.05 Å². The molecule has 0 aliphatic heterocycles. The summed E-state index contributed by atoms with van der Waals surface area (Å²) in [6.45, 7) is 1.95. The van der Waals surface area contributed by atoms with E-state index in [0.717, 1.165) is 41.3 Å². The molecule has 0 saturated heterocycles. The molecule has 126 valence electrons. The summed E-state index contributed by atoms with van der Waals surface area (Å²) in [7, 11) is 1.89. The summed E-state index contributed by atoms with van der Waals surface area (Å²) in [5.41, 5.74) is 3.05. The summed E-state index contributed by atoms with van der Waals surface area (Å²) in [5.74, 6) is 1.84. The lowest BCUT2D eigenvalue weighted by molar-refractivity contribution is 0.102. The molecule has 1 aliphatic rings. The van der Waals surface area contributed by atoms with E-state index in [2.05, 4.69) is 25.5 Å². The van der Waals surface area contributed by atoms with Crippen LogP contribution >= 0.6 is 0 Å². The highest BCUT2D eigenvalue weighted by molar-refractivity contribution is 6.04. The first kappa shape index (κ1) is 15.4. The number of hydrogen-bond donors (Lipinski definition) is 1. The predicted molar refractivity (Wildman–Crippen MR) is 93.1 cm³/mol. The minimum atomic E-state index is -0.222. The van der Waals surface area contributed by atoms with Crippen molar-refractivity contribution in [3.05, 3.63) is 53.9 Å². The number of nitrogens with zero attached hydrogens (tertiary/aromatic N) is 5. The van der Waals surface area contributed by atoms with Crippen molar-refractivity contribution in [1.29, 1.82) is 0 Å². The van der Waals surface area contributed by atoms with Crippen LogP contribution in [0.15, 0.2) is 36.9 Å². The first-order chi connectivity index (χ1) is 12.1. The van der Waals surface area contributed by atoms with Gasteiger partial charge in [-0.25, -0.2) is 9.97 Å². The van der Waals surface area contributed by atoms with Crippen LogP contribution in [0.5, 0.6) is 0 Å². The van der Waals surface area contributed by atoms with Crippen LogP contribution in [0.4, 0.5) is 5.69 Å². The van der Waals surface area contributed by atoms with E-state index in [1.54, 1.807) is 18.7 Å². The molecular weight excluding hydrogens is 316 g/mol. The Morgan fingerprint density at radius 3 is 2.64 bits per heavy atom. The molecule has 0 atom stereocenters. The van der Waals surface area contributed by atoms with Crippen molar-refractivity contribution < 1.29 is 4.79 Å². The molecule has 1 saturated carbocycles. The Kier molecular flexibility index (Phi) is 3.76. The number of hydrogen-bond acceptors (Lipinski definition) is 5. The zero-order valence-electron chi connectivity index (χ0n) is 14.1. The van der Waals surface area contributed by atoms with Crippen LogP contribution in [0.25, 0.3) is 11.4 Å². The van der Waals surface area contributed by atoms with E-state index in [1.165, 1.54) is 0 Å². The predicted octanol–water partition coefficient (Wildman–Crippen LogP) is 2.71. The largest absolute Gasteiger partial charge is 0.322 e. The summed E-state index contributed by atoms with van der Waals surface area (Å²) >= 11 is 0. The highest BCUT2D eigenvalue weighted by Crippen LogP contribution is 2.37. The van der Waals surface area contributed by atoms with Gasteiger partial charge in [0, 0.05) is 36.6 Å². The quantitative estimate of drug-likeness (QED) is 0.793. The van der Waals surface area contributed by atoms with Crippen molar-refractivity contribution in [3.8, 4) is 11.4 Å². The van der Waals surface area contributed by atoms with E-state index in [9.17, 15) is 4.79 Å². The Balaban J connectivity index is 1.58. The molecule has 0 bridgehead atoms. The number of benzene rings is 1. The van der Waals surface area contributed by atoms with Gasteiger partial charge in [0.15, 0.2) is 5.82 Å². The van der Waals surface area contributed by atoms with Crippen LogP contribution in [0.1, 0.15) is 40.5 Å². The van der Waals surface area contributed by atoms with Gasteiger partial charge in [0.1, 0.15) is 12.2 Å². The average molecular weight is 334 g/mol. The lowest BCUT2D eigenvalue weighted by atomic mass is 10.1. The molecule has 25 heavy (non-hydrogen) atoms. The number of aryl methyl sites for hydroxylation is 1. The highest BCUT2D eigenvalue weighted by atomic mass is 16.1. The Morgan fingerprint density at radius 1 is 1.24 bits per heavy atom. The number of nitrogens with one attached hydrogen (secondary N) is 1. The van der Waals surface area contributed by atoms with Crippen LogP contribution < -0.4 is 5.32 Å². The fourth-order valence-electron chi connectivity index (χ4n) is 2.74. The maximum atomic E-state index is 12.5. The summed E-state index contributed by atoms with van der Waals surface area (Å²) in [5, 5.41) is 11.0. The molecular formula is C18H18N6O. The minimum absolute atomic E-state index is 0.222. The van der Waals surface area contributed by atoms with Crippen LogP contribution in [0, 0.1) is 6.92 Å². The number of aromatic nitrogens is 5. The fraction of sp³-hybridized carbons (Fsp3) is 0.278. The summed E-state index contributed by atoms with van der Waals surface area (Å²) in [6.07, 6.45) is 7.12. The number of carbonyl (C=O) groups is 1. The second-order valence-electron chi connectivity index (χ2n) is 6.30. The van der Waals surface area contributed by atoms with Gasteiger partial charge in [-0.05, 0) is 31.4 Å². The second-order valence-corrected chi connectivity index (χ2v) is 6.30. The minimum Gasteiger partial charge on any atom is -0.322 e. The van der Waals surface area contributed by atoms with Crippen molar-refractivity contribution in [1.82, 2.24) is 24.7 Å². The first-order valence-corrected chi connectivity index (χ1v) is 8.21. The van der Waals surface area contributed by atoms with E-state index in [0.29, 0.717) is 11.5 Å². The van der Waals surface area contributed by atoms with Gasteiger partial charge in [0.2, 0.25) is 0 Å². The topological polar surface area (TPSA) is 85.6 Å². The number of anilines is 1. The molecule has 1 fully saturated rings. The lowest BCUT2D eigenvalue weighted by Gasteiger charge is -2.12. The normalized spacial score (nSPS) is 13.7. The fourth-order valence-corrected chi connectivity index (χ4v) is 2.74. The lowest BCUT2D eigenvalue weighted by Crippen LogP contribution is -2.14. The van der Waals surface area contributed by atoms with E-state index in [4.69, 9.17) is 0 Å². The average Bonchev–Trinajstić information content (AvgIpc) is 3.39. The summed E-state index contributed by atoms with van der Waals surface area (Å²) < 4.78 is 1.85. The molecule has 1 N–H and O–H groups in total. The number of carbonyl (C=O) groups excluding carboxylic acids is 1. The zero-order chi connectivity index (χ0) is 17.4. The van der Waals surface area contributed by atoms with Gasteiger partial charge in [-0.2, -0.15) is 0 Å². The van der Waals surface area contributed by atoms with E-state index >= 15 is 0 Å². The molecule has 1 amide bonds. The van der Waals surface area contributed by atoms with Gasteiger partial charge in [-0.3, -0.25) is 4.79 Å². The second kappa shape index (κ2) is 6.08. The van der Waals surface area contributed by atoms with Crippen LogP contribution in [-0.2, 0) is 7.05 Å². The SMILES string of the molecule is Cc1c(NC(=O)c2cnc(C3CC3)nc2)cccc1-c1nncn1C. The van der Waals surface area contributed by atoms with Gasteiger partial charge in [-0.15, -0.1) is 10.2 Å². The molecule has 0 unspecified atom stereocenters. The Bertz CT molecular complexity index is 927. The van der Waals surface area contributed by atoms with Crippen LogP contribution in [0.3, 0.4) is 0 Å². The molecule has 1 aliphatic carbocycles. The first-order valence-electron chi connectivity index (χ1n) is 8.21. The van der Waals surface area contributed by atoms with E-state index < -0.39 is 0 Å². The summed E-state index contributed by atoms with van der Waals surface area (Å²) in [4.78, 5) is 21.1. The molecule has 0 spiro atoms. The Labute approximate surface area is 145 Å². The van der Waals surface area contributed by atoms with Crippen LogP contribution in [-0.4, -0.2) is 30.6 Å². The molecule has 4 rings (SSSR count). The molecule has 0 radical (unpaired) electrons. The maximum absolute atomic E-state index is 12.5. The van der Waals surface area contributed by atoms with Crippen molar-refractivity contribution in [2.75, 3.05) is 5.32 Å². The molecule has 2 aromatic heterocycles. The van der Waals surface area contributed by atoms with Gasteiger partial charge in [0.25, 0.3) is 5.91 Å². The maximum Gasteiger partial charge on any atom is 0.258 e. The summed E-state index contributed by atoms with van der Waals surface area (Å²) in [6, 6.07) is 5.72. The zero-order valence-corrected chi connectivity index (χ0v) is 14.1. The third kappa shape index (κ3) is 3.00. The Hall–Kier alpha value is -3.09. The molecule has 3 aromatic rings. The molecule has 1 aromatic carbocycles. The van der Waals surface area contributed by atoms with Gasteiger partial charge in [0.05, 0.1) is 5.56 Å². The third-order valence-electron chi connectivity index (χ3n) is 4.41. The van der Waals surface area contributed by atoms with Gasteiger partial charge in [-0.1, -0.05) is 12.1 Å². The third-order valence-corrected chi connectivity index (χ3v) is 4.41. The molecule has 7 nitrogen and oxygen atoms in total. The van der Waals surface area contributed by atoms with E-state index in [1.807, 2.05) is 36.7 Å². The standard InChI is InChI=1S/C18H18N6O/c1-11-14(17-23-21-10-24(17)2)4-3-5-15(11)22-18(25)13-8-19-16(20-9-13)12-6-7-12/h3-5,8-10,12H,6-7H2,1-2H3,(H,22,25). The molecule has 7 heteroatoms. The van der Waals surface area contributed by atoms with Gasteiger partial charge >= 0.3 is 0 Å². The van der Waals surface area contributed by atoms with Crippen molar-refractivity contribution in [2.45, 2.75) is 25.7 Å². The Morgan fingerprint density at radius 2 is 2.00 bits per heavy atom. The van der Waals surface area contributed by atoms with Gasteiger partial charge < -0.3 is 9.88 Å². The monoisotopic (exact) mass is 334 g/mol.